The molecule has 70 valence electrons. The second-order valence-electron chi connectivity index (χ2n) is 2.37. The summed E-state index contributed by atoms with van der Waals surface area (Å²) in [6.45, 7) is 0. The zero-order chi connectivity index (χ0) is 9.84. The fraction of sp³-hybridized carbons (Fsp3) is 0.222. The Morgan fingerprint density at radius 2 is 2.08 bits per heavy atom. The minimum atomic E-state index is -0.413. The van der Waals surface area contributed by atoms with Crippen LogP contribution in [-0.4, -0.2) is 20.2 Å². The van der Waals surface area contributed by atoms with Crippen LogP contribution in [0.3, 0.4) is 0 Å². The summed E-state index contributed by atoms with van der Waals surface area (Å²) in [4.78, 5) is 11.8. The molecule has 0 heterocycles. The number of thiol groups is 1. The maximum Gasteiger partial charge on any atom is 0.339 e. The Balaban J connectivity index is 3.11. The fourth-order valence-electron chi connectivity index (χ4n) is 0.916. The highest BCUT2D eigenvalue weighted by Crippen LogP contribution is 2.20. The zero-order valence-corrected chi connectivity index (χ0v) is 8.30. The third kappa shape index (κ3) is 2.15. The Bertz CT molecular complexity index is 323. The van der Waals surface area contributed by atoms with Crippen molar-refractivity contribution in [1.82, 2.24) is 0 Å². The molecular formula is C9H10O3S. The van der Waals surface area contributed by atoms with Crippen molar-refractivity contribution in [2.24, 2.45) is 0 Å². The molecule has 0 spiro atoms. The molecule has 0 saturated heterocycles. The normalized spacial score (nSPS) is 9.46. The molecule has 0 bridgehead atoms. The first-order chi connectivity index (χ1) is 6.19. The van der Waals surface area contributed by atoms with Crippen molar-refractivity contribution in [2.75, 3.05) is 14.2 Å². The van der Waals surface area contributed by atoms with E-state index in [4.69, 9.17) is 4.74 Å². The lowest BCUT2D eigenvalue weighted by Crippen LogP contribution is -2.02. The van der Waals surface area contributed by atoms with Crippen LogP contribution >= 0.6 is 12.6 Å². The van der Waals surface area contributed by atoms with E-state index in [1.165, 1.54) is 14.2 Å². The molecule has 0 aromatic heterocycles. The number of ether oxygens (including phenoxy) is 2. The molecule has 1 rings (SSSR count). The molecule has 0 aliphatic rings. The summed E-state index contributed by atoms with van der Waals surface area (Å²) in [5.41, 5.74) is 0.408. The minimum Gasteiger partial charge on any atom is -0.497 e. The van der Waals surface area contributed by atoms with Crippen molar-refractivity contribution in [3.8, 4) is 5.75 Å². The van der Waals surface area contributed by atoms with Crippen LogP contribution in [0, 0.1) is 0 Å². The maximum atomic E-state index is 11.2. The van der Waals surface area contributed by atoms with E-state index in [-0.39, 0.29) is 0 Å². The van der Waals surface area contributed by atoms with E-state index in [1.807, 2.05) is 0 Å². The van der Waals surface area contributed by atoms with Gasteiger partial charge in [0.25, 0.3) is 0 Å². The van der Waals surface area contributed by atoms with Crippen LogP contribution in [0.2, 0.25) is 0 Å². The summed E-state index contributed by atoms with van der Waals surface area (Å²) in [7, 11) is 2.86. The lowest BCUT2D eigenvalue weighted by atomic mass is 10.2. The predicted octanol–water partition coefficient (Wildman–Crippen LogP) is 1.77. The van der Waals surface area contributed by atoms with Gasteiger partial charge in [0.05, 0.1) is 19.8 Å². The third-order valence-corrected chi connectivity index (χ3v) is 2.00. The standard InChI is InChI=1S/C9H10O3S/c1-11-6-3-4-8(13)7(5-6)9(10)12-2/h3-5,13H,1-2H3. The van der Waals surface area contributed by atoms with Gasteiger partial charge < -0.3 is 9.47 Å². The van der Waals surface area contributed by atoms with E-state index in [2.05, 4.69) is 17.4 Å². The number of carbonyl (C=O) groups is 1. The first kappa shape index (κ1) is 9.92. The SMILES string of the molecule is COC(=O)c1cc(OC)ccc1S. The Morgan fingerprint density at radius 1 is 1.38 bits per heavy atom. The van der Waals surface area contributed by atoms with E-state index in [9.17, 15) is 4.79 Å². The van der Waals surface area contributed by atoms with Crippen molar-refractivity contribution in [1.29, 1.82) is 0 Å². The quantitative estimate of drug-likeness (QED) is 0.581. The average Bonchev–Trinajstić information content (AvgIpc) is 2.17. The van der Waals surface area contributed by atoms with E-state index >= 15 is 0 Å². The molecule has 0 atom stereocenters. The number of methoxy groups -OCH3 is 2. The largest absolute Gasteiger partial charge is 0.497 e. The van der Waals surface area contributed by atoms with E-state index in [0.29, 0.717) is 16.2 Å². The van der Waals surface area contributed by atoms with Crippen molar-refractivity contribution in [3.63, 3.8) is 0 Å². The van der Waals surface area contributed by atoms with Gasteiger partial charge in [-0.05, 0) is 18.2 Å². The van der Waals surface area contributed by atoms with Crippen LogP contribution in [-0.2, 0) is 4.74 Å². The Morgan fingerprint density at radius 3 is 2.62 bits per heavy atom. The second-order valence-corrected chi connectivity index (χ2v) is 2.86. The van der Waals surface area contributed by atoms with Crippen molar-refractivity contribution in [2.45, 2.75) is 4.90 Å². The van der Waals surface area contributed by atoms with Gasteiger partial charge in [-0.15, -0.1) is 12.6 Å². The van der Waals surface area contributed by atoms with Gasteiger partial charge in [0.2, 0.25) is 0 Å². The van der Waals surface area contributed by atoms with Crippen LogP contribution in [0.5, 0.6) is 5.75 Å². The predicted molar refractivity (Wildman–Crippen MR) is 51.6 cm³/mol. The van der Waals surface area contributed by atoms with E-state index in [1.54, 1.807) is 18.2 Å². The molecule has 0 N–H and O–H groups in total. The number of benzene rings is 1. The minimum absolute atomic E-state index is 0.408. The number of carbonyl (C=O) groups excluding carboxylic acids is 1. The molecule has 0 saturated carbocycles. The number of hydrogen-bond donors (Lipinski definition) is 1. The highest BCUT2D eigenvalue weighted by Gasteiger charge is 2.10. The molecule has 0 amide bonds. The van der Waals surface area contributed by atoms with Gasteiger partial charge in [-0.25, -0.2) is 4.79 Å². The average molecular weight is 198 g/mol. The van der Waals surface area contributed by atoms with Gasteiger partial charge >= 0.3 is 5.97 Å². The van der Waals surface area contributed by atoms with Crippen molar-refractivity contribution in [3.05, 3.63) is 23.8 Å². The molecule has 4 heteroatoms. The lowest BCUT2D eigenvalue weighted by molar-refractivity contribution is 0.0596. The molecule has 0 radical (unpaired) electrons. The summed E-state index contributed by atoms with van der Waals surface area (Å²) in [5.74, 6) is 0.196. The Hall–Kier alpha value is -1.16. The topological polar surface area (TPSA) is 35.5 Å². The highest BCUT2D eigenvalue weighted by atomic mass is 32.1. The summed E-state index contributed by atoms with van der Waals surface area (Å²) in [6.07, 6.45) is 0. The summed E-state index contributed by atoms with van der Waals surface area (Å²) in [6, 6.07) is 5.01. The summed E-state index contributed by atoms with van der Waals surface area (Å²) >= 11 is 4.12. The van der Waals surface area contributed by atoms with Crippen molar-refractivity contribution < 1.29 is 14.3 Å². The van der Waals surface area contributed by atoms with Gasteiger partial charge in [0, 0.05) is 4.90 Å². The third-order valence-electron chi connectivity index (χ3n) is 1.61. The maximum absolute atomic E-state index is 11.2. The van der Waals surface area contributed by atoms with Crippen molar-refractivity contribution >= 4 is 18.6 Å². The molecule has 0 aliphatic heterocycles. The summed E-state index contributed by atoms with van der Waals surface area (Å²) < 4.78 is 9.54. The van der Waals surface area contributed by atoms with Crippen LogP contribution in [0.25, 0.3) is 0 Å². The molecule has 3 nitrogen and oxygen atoms in total. The molecule has 0 aliphatic carbocycles. The first-order valence-electron chi connectivity index (χ1n) is 3.64. The molecular weight excluding hydrogens is 188 g/mol. The zero-order valence-electron chi connectivity index (χ0n) is 7.40. The molecule has 13 heavy (non-hydrogen) atoms. The Labute approximate surface area is 82.1 Å². The van der Waals surface area contributed by atoms with Crippen LogP contribution in [0.15, 0.2) is 23.1 Å². The van der Waals surface area contributed by atoms with Gasteiger partial charge in [-0.3, -0.25) is 0 Å². The van der Waals surface area contributed by atoms with Gasteiger partial charge in [-0.1, -0.05) is 0 Å². The van der Waals surface area contributed by atoms with Crippen LogP contribution in [0.4, 0.5) is 0 Å². The van der Waals surface area contributed by atoms with E-state index in [0.717, 1.165) is 0 Å². The number of hydrogen-bond acceptors (Lipinski definition) is 4. The Kier molecular flexibility index (Phi) is 3.19. The second kappa shape index (κ2) is 4.18. The smallest absolute Gasteiger partial charge is 0.339 e. The molecule has 1 aromatic carbocycles. The molecule has 0 unspecified atom stereocenters. The molecule has 1 aromatic rings. The highest BCUT2D eigenvalue weighted by molar-refractivity contribution is 7.80. The van der Waals surface area contributed by atoms with Gasteiger partial charge in [-0.2, -0.15) is 0 Å². The van der Waals surface area contributed by atoms with Gasteiger partial charge in [0.1, 0.15) is 5.75 Å². The van der Waals surface area contributed by atoms with E-state index < -0.39 is 5.97 Å². The van der Waals surface area contributed by atoms with Crippen LogP contribution in [0.1, 0.15) is 10.4 Å². The molecule has 0 fully saturated rings. The lowest BCUT2D eigenvalue weighted by Gasteiger charge is -2.05. The number of esters is 1. The summed E-state index contributed by atoms with van der Waals surface area (Å²) in [5, 5.41) is 0. The first-order valence-corrected chi connectivity index (χ1v) is 4.09. The van der Waals surface area contributed by atoms with Crippen LogP contribution < -0.4 is 4.74 Å². The van der Waals surface area contributed by atoms with Gasteiger partial charge in [0.15, 0.2) is 0 Å². The monoisotopic (exact) mass is 198 g/mol. The number of rotatable bonds is 2. The fourth-order valence-corrected chi connectivity index (χ4v) is 1.15.